The van der Waals surface area contributed by atoms with Crippen molar-refractivity contribution in [1.29, 1.82) is 0 Å². The predicted molar refractivity (Wildman–Crippen MR) is 83.0 cm³/mol. The van der Waals surface area contributed by atoms with Crippen LogP contribution in [-0.2, 0) is 14.8 Å². The molecule has 130 valence electrons. The van der Waals surface area contributed by atoms with Crippen molar-refractivity contribution in [2.45, 2.75) is 36.2 Å². The number of amides is 2. The van der Waals surface area contributed by atoms with Crippen molar-refractivity contribution >= 4 is 21.8 Å². The van der Waals surface area contributed by atoms with E-state index < -0.39 is 21.7 Å². The van der Waals surface area contributed by atoms with Gasteiger partial charge in [0.2, 0.25) is 15.9 Å². The molecule has 2 atom stereocenters. The molecule has 2 saturated heterocycles. The van der Waals surface area contributed by atoms with Gasteiger partial charge in [-0.2, -0.15) is 0 Å². The number of primary sulfonamides is 1. The van der Waals surface area contributed by atoms with Crippen molar-refractivity contribution in [3.63, 3.8) is 0 Å². The van der Waals surface area contributed by atoms with Crippen LogP contribution in [0.5, 0.6) is 0 Å². The Kier molecular flexibility index (Phi) is 4.08. The Morgan fingerprint density at radius 1 is 1.29 bits per heavy atom. The van der Waals surface area contributed by atoms with E-state index in [1.165, 1.54) is 4.90 Å². The van der Waals surface area contributed by atoms with Crippen LogP contribution in [0.1, 0.15) is 29.6 Å². The van der Waals surface area contributed by atoms with Crippen LogP contribution < -0.4 is 5.14 Å². The standard InChI is InChI=1S/C15H18FN3O4S/c1-18-8-10-3-2-9(6-14(18)20)19(10)15(21)12-7-11(24(17,22)23)4-5-13(12)16/h4-5,7,9-10H,2-3,6,8H2,1H3,(H2,17,22,23)/t9-,10+/m1/s1. The number of nitrogens with zero attached hydrogens (tertiary/aromatic N) is 2. The Bertz CT molecular complexity index is 811. The summed E-state index contributed by atoms with van der Waals surface area (Å²) in [7, 11) is -2.37. The monoisotopic (exact) mass is 355 g/mol. The summed E-state index contributed by atoms with van der Waals surface area (Å²) in [5.41, 5.74) is -0.338. The van der Waals surface area contributed by atoms with Gasteiger partial charge in [-0.1, -0.05) is 0 Å². The van der Waals surface area contributed by atoms with Gasteiger partial charge in [-0.25, -0.2) is 17.9 Å². The topological polar surface area (TPSA) is 101 Å². The van der Waals surface area contributed by atoms with Crippen molar-refractivity contribution in [2.75, 3.05) is 13.6 Å². The fourth-order valence-electron chi connectivity index (χ4n) is 3.43. The number of likely N-dealkylation sites (N-methyl/N-ethyl adjacent to an activating group) is 1. The second-order valence-corrected chi connectivity index (χ2v) is 7.82. The van der Waals surface area contributed by atoms with Gasteiger partial charge >= 0.3 is 0 Å². The van der Waals surface area contributed by atoms with Gasteiger partial charge in [0.1, 0.15) is 5.82 Å². The zero-order valence-corrected chi connectivity index (χ0v) is 13.9. The highest BCUT2D eigenvalue weighted by atomic mass is 32.2. The highest BCUT2D eigenvalue weighted by molar-refractivity contribution is 7.89. The molecular formula is C15H18FN3O4S. The summed E-state index contributed by atoms with van der Waals surface area (Å²) in [5, 5.41) is 5.06. The highest BCUT2D eigenvalue weighted by Gasteiger charge is 2.42. The molecule has 3 rings (SSSR count). The molecule has 0 aliphatic carbocycles. The summed E-state index contributed by atoms with van der Waals surface area (Å²) < 4.78 is 37.0. The first-order valence-corrected chi connectivity index (χ1v) is 9.12. The molecule has 0 aromatic heterocycles. The summed E-state index contributed by atoms with van der Waals surface area (Å²) >= 11 is 0. The largest absolute Gasteiger partial charge is 0.344 e. The molecule has 2 heterocycles. The zero-order valence-electron chi connectivity index (χ0n) is 13.1. The molecule has 0 unspecified atom stereocenters. The van der Waals surface area contributed by atoms with E-state index in [-0.39, 0.29) is 34.9 Å². The number of hydrogen-bond donors (Lipinski definition) is 1. The summed E-state index contributed by atoms with van der Waals surface area (Å²) in [4.78, 5) is 27.6. The lowest BCUT2D eigenvalue weighted by Crippen LogP contribution is -2.43. The Balaban J connectivity index is 1.99. The number of benzene rings is 1. The molecule has 7 nitrogen and oxygen atoms in total. The van der Waals surface area contributed by atoms with Crippen molar-refractivity contribution in [3.05, 3.63) is 29.6 Å². The van der Waals surface area contributed by atoms with Gasteiger partial charge in [-0.3, -0.25) is 9.59 Å². The van der Waals surface area contributed by atoms with Crippen LogP contribution in [0, 0.1) is 5.82 Å². The summed E-state index contributed by atoms with van der Waals surface area (Å²) in [6.45, 7) is 0.386. The van der Waals surface area contributed by atoms with Crippen molar-refractivity contribution in [3.8, 4) is 0 Å². The number of likely N-dealkylation sites (tertiary alicyclic amines) is 1. The molecule has 2 amide bonds. The SMILES string of the molecule is CN1C[C@@H]2CC[C@H](CC1=O)N2C(=O)c1cc(S(N)(=O)=O)ccc1F. The molecule has 1 aromatic carbocycles. The Hall–Kier alpha value is -2.00. The van der Waals surface area contributed by atoms with Gasteiger partial charge in [0.05, 0.1) is 10.5 Å². The molecule has 2 fully saturated rings. The van der Waals surface area contributed by atoms with E-state index in [2.05, 4.69) is 0 Å². The lowest BCUT2D eigenvalue weighted by Gasteiger charge is -2.28. The number of fused-ring (bicyclic) bond motifs is 2. The highest BCUT2D eigenvalue weighted by Crippen LogP contribution is 2.32. The minimum absolute atomic E-state index is 0.0567. The molecule has 24 heavy (non-hydrogen) atoms. The van der Waals surface area contributed by atoms with E-state index in [4.69, 9.17) is 5.14 Å². The first-order chi connectivity index (χ1) is 11.2. The predicted octanol–water partition coefficient (Wildman–Crippen LogP) is 0.308. The van der Waals surface area contributed by atoms with Crippen molar-refractivity contribution < 1.29 is 22.4 Å². The average Bonchev–Trinajstić information content (AvgIpc) is 2.82. The Morgan fingerprint density at radius 2 is 1.96 bits per heavy atom. The molecule has 1 aromatic rings. The van der Waals surface area contributed by atoms with Crippen LogP contribution in [-0.4, -0.2) is 55.7 Å². The minimum Gasteiger partial charge on any atom is -0.344 e. The lowest BCUT2D eigenvalue weighted by atomic mass is 10.1. The zero-order chi connectivity index (χ0) is 17.6. The normalized spacial score (nSPS) is 24.2. The molecule has 2 bridgehead atoms. The van der Waals surface area contributed by atoms with Crippen molar-refractivity contribution in [2.24, 2.45) is 5.14 Å². The second-order valence-electron chi connectivity index (χ2n) is 6.26. The third-order valence-electron chi connectivity index (χ3n) is 4.67. The molecule has 0 radical (unpaired) electrons. The third kappa shape index (κ3) is 2.89. The van der Waals surface area contributed by atoms with Crippen molar-refractivity contribution in [1.82, 2.24) is 9.80 Å². The summed E-state index contributed by atoms with van der Waals surface area (Å²) in [6, 6.07) is 2.41. The van der Waals surface area contributed by atoms with Crippen LogP contribution in [0.4, 0.5) is 4.39 Å². The first kappa shape index (κ1) is 16.8. The number of hydrogen-bond acceptors (Lipinski definition) is 4. The lowest BCUT2D eigenvalue weighted by molar-refractivity contribution is -0.130. The average molecular weight is 355 g/mol. The first-order valence-electron chi connectivity index (χ1n) is 7.57. The number of carbonyl (C=O) groups excluding carboxylic acids is 2. The number of halogens is 1. The number of nitrogens with two attached hydrogens (primary N) is 1. The Labute approximate surface area is 139 Å². The van der Waals surface area contributed by atoms with E-state index >= 15 is 0 Å². The third-order valence-corrected chi connectivity index (χ3v) is 5.58. The van der Waals surface area contributed by atoms with E-state index in [1.807, 2.05) is 0 Å². The summed E-state index contributed by atoms with van der Waals surface area (Å²) in [5.74, 6) is -1.47. The quantitative estimate of drug-likeness (QED) is 0.825. The Morgan fingerprint density at radius 3 is 2.62 bits per heavy atom. The van der Waals surface area contributed by atoms with E-state index in [1.54, 1.807) is 11.9 Å². The molecule has 0 saturated carbocycles. The number of rotatable bonds is 2. The number of carbonyl (C=O) groups is 2. The van der Waals surface area contributed by atoms with Crippen LogP contribution in [0.3, 0.4) is 0 Å². The maximum atomic E-state index is 14.1. The molecule has 0 spiro atoms. The fourth-order valence-corrected chi connectivity index (χ4v) is 3.97. The molecule has 2 aliphatic rings. The van der Waals surface area contributed by atoms with Gasteiger partial charge in [-0.05, 0) is 31.0 Å². The number of sulfonamides is 1. The fraction of sp³-hybridized carbons (Fsp3) is 0.467. The molecule has 2 aliphatic heterocycles. The van der Waals surface area contributed by atoms with E-state index in [0.29, 0.717) is 13.0 Å². The van der Waals surface area contributed by atoms with Gasteiger partial charge in [0.15, 0.2) is 0 Å². The maximum absolute atomic E-state index is 14.1. The minimum atomic E-state index is -4.04. The molecule has 2 N–H and O–H groups in total. The molecule has 9 heteroatoms. The molecular weight excluding hydrogens is 337 g/mol. The van der Waals surface area contributed by atoms with Crippen LogP contribution >= 0.6 is 0 Å². The van der Waals surface area contributed by atoms with Crippen LogP contribution in [0.2, 0.25) is 0 Å². The second kappa shape index (κ2) is 5.82. The van der Waals surface area contributed by atoms with Crippen LogP contribution in [0.15, 0.2) is 23.1 Å². The van der Waals surface area contributed by atoms with Gasteiger partial charge in [0, 0.05) is 32.1 Å². The van der Waals surface area contributed by atoms with Gasteiger partial charge in [-0.15, -0.1) is 0 Å². The van der Waals surface area contributed by atoms with Gasteiger partial charge in [0.25, 0.3) is 5.91 Å². The summed E-state index contributed by atoms with van der Waals surface area (Å²) in [6.07, 6.45) is 1.59. The van der Waals surface area contributed by atoms with Crippen LogP contribution in [0.25, 0.3) is 0 Å². The van der Waals surface area contributed by atoms with E-state index in [9.17, 15) is 22.4 Å². The van der Waals surface area contributed by atoms with Gasteiger partial charge < -0.3 is 9.80 Å². The maximum Gasteiger partial charge on any atom is 0.257 e. The van der Waals surface area contributed by atoms with E-state index in [0.717, 1.165) is 24.6 Å². The smallest absolute Gasteiger partial charge is 0.257 e.